The monoisotopic (exact) mass is 461 g/mol. The molecule has 0 atom stereocenters. The van der Waals surface area contributed by atoms with Gasteiger partial charge in [-0.05, 0) is 37.1 Å². The molecule has 0 radical (unpaired) electrons. The fourth-order valence-electron chi connectivity index (χ4n) is 4.49. The first-order valence-electron chi connectivity index (χ1n) is 11.1. The number of carbonyl (C=O) groups is 2. The normalized spacial score (nSPS) is 14.4. The molecule has 4 aromatic rings. The summed E-state index contributed by atoms with van der Waals surface area (Å²) >= 11 is 0. The lowest BCUT2D eigenvalue weighted by Crippen LogP contribution is -2.20. The van der Waals surface area contributed by atoms with Crippen LogP contribution in [-0.4, -0.2) is 50.3 Å². The fourth-order valence-corrected chi connectivity index (χ4v) is 4.49. The molecule has 0 bridgehead atoms. The SMILES string of the molecule is COC(=O)c1cc(C(=O)OC)cc(-n2ccc3c(cnc4nc(C5CCCCC5)nn43)c2=O)c1. The van der Waals surface area contributed by atoms with Crippen molar-refractivity contribution >= 4 is 28.6 Å². The van der Waals surface area contributed by atoms with Gasteiger partial charge in [0.25, 0.3) is 11.3 Å². The third-order valence-corrected chi connectivity index (χ3v) is 6.26. The van der Waals surface area contributed by atoms with Crippen LogP contribution >= 0.6 is 0 Å². The maximum absolute atomic E-state index is 13.4. The molecule has 0 amide bonds. The number of carbonyl (C=O) groups excluding carboxylic acids is 2. The molecule has 0 aliphatic heterocycles. The van der Waals surface area contributed by atoms with E-state index in [0.29, 0.717) is 28.3 Å². The molecule has 1 aromatic carbocycles. The summed E-state index contributed by atoms with van der Waals surface area (Å²) in [4.78, 5) is 46.7. The Bertz CT molecular complexity index is 1450. The number of nitrogens with zero attached hydrogens (tertiary/aromatic N) is 5. The van der Waals surface area contributed by atoms with Crippen molar-refractivity contribution in [2.45, 2.75) is 38.0 Å². The van der Waals surface area contributed by atoms with Gasteiger partial charge < -0.3 is 9.47 Å². The van der Waals surface area contributed by atoms with Gasteiger partial charge >= 0.3 is 11.9 Å². The highest BCUT2D eigenvalue weighted by Crippen LogP contribution is 2.31. The van der Waals surface area contributed by atoms with Gasteiger partial charge in [0, 0.05) is 18.3 Å². The molecule has 0 spiro atoms. The average Bonchev–Trinajstić information content (AvgIpc) is 3.33. The van der Waals surface area contributed by atoms with Gasteiger partial charge in [0.1, 0.15) is 0 Å². The Labute approximate surface area is 194 Å². The van der Waals surface area contributed by atoms with Gasteiger partial charge in [0.05, 0.1) is 41.9 Å². The summed E-state index contributed by atoms with van der Waals surface area (Å²) in [5, 5.41) is 5.01. The molecule has 1 aliphatic carbocycles. The number of pyridine rings is 1. The molecule has 3 aromatic heterocycles. The van der Waals surface area contributed by atoms with E-state index in [9.17, 15) is 14.4 Å². The van der Waals surface area contributed by atoms with Crippen molar-refractivity contribution in [1.82, 2.24) is 24.1 Å². The lowest BCUT2D eigenvalue weighted by atomic mass is 9.89. The van der Waals surface area contributed by atoms with Crippen molar-refractivity contribution in [2.24, 2.45) is 0 Å². The number of hydrogen-bond donors (Lipinski definition) is 0. The minimum Gasteiger partial charge on any atom is -0.465 e. The van der Waals surface area contributed by atoms with Gasteiger partial charge in [-0.15, -0.1) is 5.10 Å². The smallest absolute Gasteiger partial charge is 0.337 e. The number of hydrogen-bond acceptors (Lipinski definition) is 8. The van der Waals surface area contributed by atoms with E-state index in [2.05, 4.69) is 15.1 Å². The summed E-state index contributed by atoms with van der Waals surface area (Å²) in [5.41, 5.74) is 0.762. The average molecular weight is 461 g/mol. The van der Waals surface area contributed by atoms with Gasteiger partial charge in [-0.1, -0.05) is 19.3 Å². The predicted octanol–water partition coefficient (Wildman–Crippen LogP) is 3.05. The Kier molecular flexibility index (Phi) is 5.56. The zero-order valence-electron chi connectivity index (χ0n) is 18.9. The van der Waals surface area contributed by atoms with E-state index >= 15 is 0 Å². The van der Waals surface area contributed by atoms with Gasteiger partial charge in [-0.2, -0.15) is 9.50 Å². The summed E-state index contributed by atoms with van der Waals surface area (Å²) in [5.74, 6) is 0.246. The number of aromatic nitrogens is 5. The maximum Gasteiger partial charge on any atom is 0.337 e. The Morgan fingerprint density at radius 2 is 1.68 bits per heavy atom. The van der Waals surface area contributed by atoms with E-state index < -0.39 is 11.9 Å². The van der Waals surface area contributed by atoms with Crippen LogP contribution in [0.5, 0.6) is 0 Å². The summed E-state index contributed by atoms with van der Waals surface area (Å²) in [6, 6.07) is 6.07. The molecule has 0 N–H and O–H groups in total. The van der Waals surface area contributed by atoms with E-state index in [1.54, 1.807) is 16.8 Å². The Morgan fingerprint density at radius 1 is 1.00 bits per heavy atom. The van der Waals surface area contributed by atoms with Gasteiger partial charge in [0.15, 0.2) is 5.82 Å². The molecule has 3 heterocycles. The number of methoxy groups -OCH3 is 2. The van der Waals surface area contributed by atoms with Crippen LogP contribution in [0.3, 0.4) is 0 Å². The molecule has 10 heteroatoms. The molecule has 10 nitrogen and oxygen atoms in total. The Morgan fingerprint density at radius 3 is 2.32 bits per heavy atom. The predicted molar refractivity (Wildman–Crippen MR) is 122 cm³/mol. The summed E-state index contributed by atoms with van der Waals surface area (Å²) in [6.07, 6.45) is 8.73. The van der Waals surface area contributed by atoms with Crippen molar-refractivity contribution in [3.63, 3.8) is 0 Å². The first kappa shape index (κ1) is 21.7. The highest BCUT2D eigenvalue weighted by atomic mass is 16.5. The highest BCUT2D eigenvalue weighted by molar-refractivity contribution is 5.96. The van der Waals surface area contributed by atoms with Crippen LogP contribution in [-0.2, 0) is 9.47 Å². The standard InChI is InChI=1S/C24H23N5O5/c1-33-22(31)15-10-16(23(32)34-2)12-17(11-15)28-9-8-19-18(21(28)30)13-25-24-26-20(27-29(19)24)14-6-4-3-5-7-14/h8-14H,3-7H2,1-2H3. The van der Waals surface area contributed by atoms with Crippen molar-refractivity contribution in [3.05, 3.63) is 64.0 Å². The molecular formula is C24H23N5O5. The highest BCUT2D eigenvalue weighted by Gasteiger charge is 2.22. The number of benzene rings is 1. The molecule has 174 valence electrons. The largest absolute Gasteiger partial charge is 0.465 e. The summed E-state index contributed by atoms with van der Waals surface area (Å²) in [6.45, 7) is 0. The number of esters is 2. The van der Waals surface area contributed by atoms with E-state index in [1.165, 1.54) is 49.6 Å². The third kappa shape index (κ3) is 3.70. The number of fused-ring (bicyclic) bond motifs is 3. The number of ether oxygens (including phenoxy) is 2. The first-order valence-corrected chi connectivity index (χ1v) is 11.1. The van der Waals surface area contributed by atoms with E-state index in [1.807, 2.05) is 0 Å². The van der Waals surface area contributed by atoms with Crippen LogP contribution in [0.2, 0.25) is 0 Å². The number of rotatable bonds is 4. The summed E-state index contributed by atoms with van der Waals surface area (Å²) < 4.78 is 12.5. The first-order chi connectivity index (χ1) is 16.5. The van der Waals surface area contributed by atoms with Gasteiger partial charge in [-0.25, -0.2) is 14.6 Å². The van der Waals surface area contributed by atoms with Crippen LogP contribution in [0.4, 0.5) is 0 Å². The molecule has 1 fully saturated rings. The van der Waals surface area contributed by atoms with Crippen molar-refractivity contribution < 1.29 is 19.1 Å². The minimum atomic E-state index is -0.637. The van der Waals surface area contributed by atoms with Gasteiger partial charge in [0.2, 0.25) is 0 Å². The second-order valence-electron chi connectivity index (χ2n) is 8.32. The molecule has 0 unspecified atom stereocenters. The zero-order chi connectivity index (χ0) is 23.8. The lowest BCUT2D eigenvalue weighted by molar-refractivity contribution is 0.0599. The molecule has 1 saturated carbocycles. The molecular weight excluding hydrogens is 438 g/mol. The molecule has 34 heavy (non-hydrogen) atoms. The van der Waals surface area contributed by atoms with Crippen LogP contribution < -0.4 is 5.56 Å². The van der Waals surface area contributed by atoms with Crippen LogP contribution in [0.25, 0.3) is 22.4 Å². The quantitative estimate of drug-likeness (QED) is 0.426. The van der Waals surface area contributed by atoms with Crippen molar-refractivity contribution in [3.8, 4) is 5.69 Å². The second-order valence-corrected chi connectivity index (χ2v) is 8.32. The second kappa shape index (κ2) is 8.69. The minimum absolute atomic E-state index is 0.120. The summed E-state index contributed by atoms with van der Waals surface area (Å²) in [7, 11) is 2.48. The topological polar surface area (TPSA) is 118 Å². The van der Waals surface area contributed by atoms with Crippen LogP contribution in [0.1, 0.15) is 64.6 Å². The molecule has 0 saturated heterocycles. The van der Waals surface area contributed by atoms with E-state index in [0.717, 1.165) is 31.5 Å². The Hall–Kier alpha value is -4.08. The molecule has 5 rings (SSSR count). The van der Waals surface area contributed by atoms with Gasteiger partial charge in [-0.3, -0.25) is 9.36 Å². The van der Waals surface area contributed by atoms with Crippen LogP contribution in [0.15, 0.2) is 41.5 Å². The van der Waals surface area contributed by atoms with Crippen LogP contribution in [0, 0.1) is 0 Å². The van der Waals surface area contributed by atoms with E-state index in [-0.39, 0.29) is 16.7 Å². The van der Waals surface area contributed by atoms with E-state index in [4.69, 9.17) is 9.47 Å². The van der Waals surface area contributed by atoms with Crippen molar-refractivity contribution in [2.75, 3.05) is 14.2 Å². The zero-order valence-corrected chi connectivity index (χ0v) is 18.9. The Balaban J connectivity index is 1.64. The maximum atomic E-state index is 13.4. The molecule has 1 aliphatic rings. The third-order valence-electron chi connectivity index (χ3n) is 6.26. The lowest BCUT2D eigenvalue weighted by Gasteiger charge is -2.17. The van der Waals surface area contributed by atoms with Crippen molar-refractivity contribution in [1.29, 1.82) is 0 Å². The fraction of sp³-hybridized carbons (Fsp3) is 0.333.